The van der Waals surface area contributed by atoms with Crippen LogP contribution in [-0.4, -0.2) is 30.2 Å². The van der Waals surface area contributed by atoms with Crippen LogP contribution in [-0.2, 0) is 18.4 Å². The first-order chi connectivity index (χ1) is 13.4. The molecule has 2 heterocycles. The Balaban J connectivity index is 1.76. The van der Waals surface area contributed by atoms with Gasteiger partial charge in [-0.25, -0.2) is 4.79 Å². The number of benzene rings is 2. The number of phenols is 1. The number of hydrogen-bond donors (Lipinski definition) is 1. The number of para-hydroxylation sites is 1. The van der Waals surface area contributed by atoms with E-state index in [1.54, 1.807) is 36.6 Å². The van der Waals surface area contributed by atoms with E-state index in [9.17, 15) is 14.7 Å². The maximum Gasteiger partial charge on any atom is 0.342 e. The van der Waals surface area contributed by atoms with E-state index in [0.29, 0.717) is 28.1 Å². The van der Waals surface area contributed by atoms with Crippen molar-refractivity contribution in [3.05, 3.63) is 69.3 Å². The average Bonchev–Trinajstić information content (AvgIpc) is 3.10. The molecule has 0 aliphatic rings. The Bertz CT molecular complexity index is 1300. The van der Waals surface area contributed by atoms with Crippen LogP contribution in [0.25, 0.3) is 16.7 Å². The van der Waals surface area contributed by atoms with E-state index in [4.69, 9.17) is 4.74 Å². The summed E-state index contributed by atoms with van der Waals surface area (Å²) >= 11 is 0. The molecule has 0 saturated heterocycles. The number of carbonyl (C=O) groups excluding carboxylic acids is 1. The molecule has 8 nitrogen and oxygen atoms in total. The zero-order valence-corrected chi connectivity index (χ0v) is 15.6. The third-order valence-corrected chi connectivity index (χ3v) is 4.73. The lowest BCUT2D eigenvalue weighted by Gasteiger charge is -2.10. The summed E-state index contributed by atoms with van der Waals surface area (Å²) in [6.45, 7) is 3.45. The van der Waals surface area contributed by atoms with Crippen LogP contribution in [0.5, 0.6) is 5.75 Å². The van der Waals surface area contributed by atoms with Crippen molar-refractivity contribution in [2.75, 3.05) is 0 Å². The monoisotopic (exact) mass is 378 g/mol. The van der Waals surface area contributed by atoms with Gasteiger partial charge in [0.2, 0.25) is 5.78 Å². The second-order valence-corrected chi connectivity index (χ2v) is 6.68. The van der Waals surface area contributed by atoms with Crippen LogP contribution >= 0.6 is 0 Å². The van der Waals surface area contributed by atoms with Gasteiger partial charge in [-0.2, -0.15) is 0 Å². The molecule has 0 bridgehead atoms. The Kier molecular flexibility index (Phi) is 4.11. The lowest BCUT2D eigenvalue weighted by atomic mass is 10.1. The van der Waals surface area contributed by atoms with E-state index in [2.05, 4.69) is 10.2 Å². The fourth-order valence-corrected chi connectivity index (χ4v) is 3.18. The molecule has 0 atom stereocenters. The number of esters is 1. The van der Waals surface area contributed by atoms with E-state index >= 15 is 0 Å². The number of aryl methyl sites for hydroxylation is 3. The lowest BCUT2D eigenvalue weighted by molar-refractivity contribution is 0.0458. The average molecular weight is 378 g/mol. The fourth-order valence-electron chi connectivity index (χ4n) is 3.18. The van der Waals surface area contributed by atoms with Crippen LogP contribution in [0.1, 0.15) is 27.3 Å². The molecule has 28 heavy (non-hydrogen) atoms. The summed E-state index contributed by atoms with van der Waals surface area (Å²) < 4.78 is 8.45. The molecule has 1 N–H and O–H groups in total. The van der Waals surface area contributed by atoms with E-state index in [1.807, 2.05) is 19.1 Å². The molecule has 0 spiro atoms. The molecule has 0 unspecified atom stereocenters. The molecule has 0 radical (unpaired) electrons. The van der Waals surface area contributed by atoms with Crippen LogP contribution in [0.15, 0.2) is 41.2 Å². The highest BCUT2D eigenvalue weighted by Crippen LogP contribution is 2.23. The first-order valence-electron chi connectivity index (χ1n) is 8.67. The van der Waals surface area contributed by atoms with Crippen LogP contribution in [0.3, 0.4) is 0 Å². The summed E-state index contributed by atoms with van der Waals surface area (Å²) in [4.78, 5) is 25.0. The summed E-state index contributed by atoms with van der Waals surface area (Å²) in [7, 11) is 1.62. The molecule has 2 aromatic heterocycles. The molecule has 0 aliphatic heterocycles. The molecule has 8 heteroatoms. The second-order valence-electron chi connectivity index (χ2n) is 6.68. The molecule has 2 aromatic carbocycles. The maximum absolute atomic E-state index is 12.6. The first kappa shape index (κ1) is 17.7. The summed E-state index contributed by atoms with van der Waals surface area (Å²) in [5, 5.41) is 18.7. The molecular formula is C20H18N4O4. The number of phenolic OH excluding ortho intramolecular Hbond substituents is 1. The number of aromatic hydroxyl groups is 1. The van der Waals surface area contributed by atoms with E-state index in [-0.39, 0.29) is 23.5 Å². The van der Waals surface area contributed by atoms with Gasteiger partial charge >= 0.3 is 5.97 Å². The minimum atomic E-state index is -0.664. The van der Waals surface area contributed by atoms with Crippen molar-refractivity contribution < 1.29 is 14.6 Å². The third-order valence-electron chi connectivity index (χ3n) is 4.73. The fraction of sp³-hybridized carbons (Fsp3) is 0.200. The summed E-state index contributed by atoms with van der Waals surface area (Å²) in [6.07, 6.45) is 0. The second kappa shape index (κ2) is 6.49. The number of carbonyl (C=O) groups is 1. The molecular weight excluding hydrogens is 360 g/mol. The van der Waals surface area contributed by atoms with Gasteiger partial charge < -0.3 is 9.84 Å². The number of rotatable bonds is 3. The van der Waals surface area contributed by atoms with E-state index in [1.165, 1.54) is 10.6 Å². The van der Waals surface area contributed by atoms with Crippen molar-refractivity contribution in [2.45, 2.75) is 20.5 Å². The highest BCUT2D eigenvalue weighted by atomic mass is 16.5. The van der Waals surface area contributed by atoms with Gasteiger partial charge in [-0.05, 0) is 37.6 Å². The Morgan fingerprint density at radius 3 is 2.75 bits per heavy atom. The Labute approximate surface area is 159 Å². The van der Waals surface area contributed by atoms with E-state index < -0.39 is 5.97 Å². The Morgan fingerprint density at radius 1 is 1.18 bits per heavy atom. The van der Waals surface area contributed by atoms with Crippen molar-refractivity contribution in [3.8, 4) is 5.75 Å². The van der Waals surface area contributed by atoms with Gasteiger partial charge in [0, 0.05) is 7.05 Å². The molecule has 4 aromatic rings. The topological polar surface area (TPSA) is 98.7 Å². The predicted octanol–water partition coefficient (Wildman–Crippen LogP) is 2.26. The number of hydrogen-bond acceptors (Lipinski definition) is 6. The molecule has 0 saturated carbocycles. The van der Waals surface area contributed by atoms with Crippen molar-refractivity contribution in [1.82, 2.24) is 19.2 Å². The normalized spacial score (nSPS) is 11.2. The van der Waals surface area contributed by atoms with Crippen LogP contribution in [0.2, 0.25) is 0 Å². The lowest BCUT2D eigenvalue weighted by Crippen LogP contribution is -2.20. The van der Waals surface area contributed by atoms with Gasteiger partial charge in [0.15, 0.2) is 12.4 Å². The number of nitrogens with zero attached hydrogens (tertiary/aromatic N) is 4. The zero-order chi connectivity index (χ0) is 20.0. The summed E-state index contributed by atoms with van der Waals surface area (Å²) in [6, 6.07) is 10.4. The van der Waals surface area contributed by atoms with Crippen molar-refractivity contribution >= 4 is 22.6 Å². The molecule has 4 rings (SSSR count). The molecule has 0 amide bonds. The minimum absolute atomic E-state index is 0.0849. The minimum Gasteiger partial charge on any atom is -0.507 e. The number of fused-ring (bicyclic) bond motifs is 3. The Hall–Kier alpha value is -3.68. The van der Waals surface area contributed by atoms with E-state index in [0.717, 1.165) is 5.56 Å². The van der Waals surface area contributed by atoms with Crippen molar-refractivity contribution in [1.29, 1.82) is 0 Å². The summed E-state index contributed by atoms with van der Waals surface area (Å²) in [5.74, 6) is -0.0457. The molecule has 0 aliphatic carbocycles. The first-order valence-corrected chi connectivity index (χ1v) is 8.67. The van der Waals surface area contributed by atoms with Gasteiger partial charge in [-0.15, -0.1) is 10.2 Å². The van der Waals surface area contributed by atoms with Crippen molar-refractivity contribution in [3.63, 3.8) is 0 Å². The smallest absolute Gasteiger partial charge is 0.342 e. The number of aromatic nitrogens is 4. The maximum atomic E-state index is 12.6. The SMILES string of the molecule is Cc1ccc2c(c1)c(=O)n(C)c1nnc(COC(=O)c3cccc(C)c3O)n21. The highest BCUT2D eigenvalue weighted by molar-refractivity contribution is 5.92. The number of ether oxygens (including phenoxy) is 1. The predicted molar refractivity (Wildman–Crippen MR) is 102 cm³/mol. The van der Waals surface area contributed by atoms with Crippen molar-refractivity contribution in [2.24, 2.45) is 7.05 Å². The standard InChI is InChI=1S/C20H18N4O4/c1-11-7-8-15-14(9-11)18(26)23(3)20-22-21-16(24(15)20)10-28-19(27)13-6-4-5-12(2)17(13)25/h4-9,25H,10H2,1-3H3. The largest absolute Gasteiger partial charge is 0.507 e. The Morgan fingerprint density at radius 2 is 1.96 bits per heavy atom. The molecule has 0 fully saturated rings. The van der Waals surface area contributed by atoms with Gasteiger partial charge in [0.25, 0.3) is 5.56 Å². The highest BCUT2D eigenvalue weighted by Gasteiger charge is 2.18. The quantitative estimate of drug-likeness (QED) is 0.549. The van der Waals surface area contributed by atoms with Gasteiger partial charge in [0.1, 0.15) is 11.3 Å². The van der Waals surface area contributed by atoms with Crippen LogP contribution < -0.4 is 5.56 Å². The summed E-state index contributed by atoms with van der Waals surface area (Å²) in [5.41, 5.74) is 2.09. The zero-order valence-electron chi connectivity index (χ0n) is 15.6. The van der Waals surface area contributed by atoms with Crippen LogP contribution in [0, 0.1) is 13.8 Å². The van der Waals surface area contributed by atoms with Gasteiger partial charge in [-0.1, -0.05) is 23.8 Å². The van der Waals surface area contributed by atoms with Gasteiger partial charge in [0.05, 0.1) is 10.9 Å². The van der Waals surface area contributed by atoms with Gasteiger partial charge in [-0.3, -0.25) is 13.8 Å². The van der Waals surface area contributed by atoms with Crippen LogP contribution in [0.4, 0.5) is 0 Å². The molecule has 142 valence electrons. The third kappa shape index (κ3) is 2.70.